The Morgan fingerprint density at radius 3 is 1.05 bits per heavy atom. The van der Waals surface area contributed by atoms with Crippen molar-refractivity contribution in [2.45, 2.75) is 0 Å². The van der Waals surface area contributed by atoms with Crippen molar-refractivity contribution in [2.75, 3.05) is 10.2 Å². The van der Waals surface area contributed by atoms with Crippen LogP contribution in [0.25, 0.3) is 202 Å². The molecule has 8 aromatic heterocycles. The Morgan fingerprint density at radius 2 is 0.597 bits per heavy atom. The van der Waals surface area contributed by atoms with E-state index in [9.17, 15) is 0 Å². The maximum Gasteiger partial charge on any atom is 0.145 e. The van der Waals surface area contributed by atoms with Crippen molar-refractivity contribution >= 4 is 258 Å². The van der Waals surface area contributed by atoms with E-state index >= 15 is 0 Å². The van der Waals surface area contributed by atoms with Gasteiger partial charge in [-0.2, -0.15) is 0 Å². The molecule has 1 N–H and O–H groups in total. The molecule has 11 heteroatoms. The number of furan rings is 2. The van der Waals surface area contributed by atoms with Crippen LogP contribution in [0.15, 0.2) is 402 Å². The summed E-state index contributed by atoms with van der Waals surface area (Å²) in [5, 5.41) is 23.4. The van der Waals surface area contributed by atoms with Crippen molar-refractivity contribution in [2.24, 2.45) is 0 Å². The van der Waals surface area contributed by atoms with Gasteiger partial charge >= 0.3 is 0 Å². The van der Waals surface area contributed by atoms with E-state index in [4.69, 9.17) is 8.83 Å². The van der Waals surface area contributed by atoms with Gasteiger partial charge in [0.25, 0.3) is 0 Å². The largest absolute Gasteiger partial charge is 0.455 e. The van der Waals surface area contributed by atoms with Crippen LogP contribution in [0.1, 0.15) is 0 Å². The second-order valence-electron chi connectivity index (χ2n) is 30.2. The van der Waals surface area contributed by atoms with Gasteiger partial charge in [0, 0.05) is 179 Å². The summed E-state index contributed by atoms with van der Waals surface area (Å²) in [5.41, 5.74) is 20.5. The van der Waals surface area contributed by atoms with Gasteiger partial charge in [-0.25, -0.2) is 0 Å². The summed E-state index contributed by atoms with van der Waals surface area (Å²) < 4.78 is 29.8. The number of rotatable bonds is 9. The summed E-state index contributed by atoms with van der Waals surface area (Å²) in [5.74, 6) is 0. The van der Waals surface area contributed by atoms with Gasteiger partial charge in [0.2, 0.25) is 0 Å². The van der Waals surface area contributed by atoms with E-state index in [2.05, 4.69) is 411 Å². The van der Waals surface area contributed by atoms with Gasteiger partial charge in [-0.1, -0.05) is 259 Å². The van der Waals surface area contributed by atoms with E-state index in [1.54, 1.807) is 0 Å². The third-order valence-corrected chi connectivity index (χ3v) is 28.7. The van der Waals surface area contributed by atoms with Crippen molar-refractivity contribution < 1.29 is 8.83 Å². The van der Waals surface area contributed by atoms with Gasteiger partial charge in [0.1, 0.15) is 22.3 Å². The maximum absolute atomic E-state index is 7.06. The molecule has 0 saturated carbocycles. The first-order valence-corrected chi connectivity index (χ1v) is 43.9. The van der Waals surface area contributed by atoms with E-state index in [-0.39, 0.29) is 0 Å². The molecule has 0 fully saturated rings. The van der Waals surface area contributed by atoms with Crippen LogP contribution in [0.2, 0.25) is 0 Å². The highest BCUT2D eigenvalue weighted by atomic mass is 79.9. The fraction of sp³-hybridized carbons (Fsp3) is 0. The zero-order valence-corrected chi connectivity index (χ0v) is 68.5. The van der Waals surface area contributed by atoms with Crippen LogP contribution >= 0.6 is 61.3 Å². The molecule has 0 spiro atoms. The quantitative estimate of drug-likeness (QED) is 0.156. The monoisotopic (exact) mass is 1660 g/mol. The minimum Gasteiger partial charge on any atom is -0.455 e. The van der Waals surface area contributed by atoms with Crippen LogP contribution in [0, 0.1) is 0 Å². The van der Waals surface area contributed by atoms with Crippen LogP contribution in [0.4, 0.5) is 28.4 Å². The molecule has 26 aromatic rings. The molecule has 0 aliphatic heterocycles. The van der Waals surface area contributed by atoms with Gasteiger partial charge in [-0.3, -0.25) is 0 Å². The molecule has 119 heavy (non-hydrogen) atoms. The van der Waals surface area contributed by atoms with Gasteiger partial charge in [-0.05, 0) is 146 Å². The average molecular weight is 1660 g/mol. The van der Waals surface area contributed by atoms with Crippen LogP contribution in [-0.2, 0) is 0 Å². The Hall–Kier alpha value is -13.9. The lowest BCUT2D eigenvalue weighted by atomic mass is 9.97. The number of nitrogens with one attached hydrogen (secondary N) is 1. The molecular weight excluding hydrogens is 1590 g/mol. The Bertz CT molecular complexity index is 8370. The van der Waals surface area contributed by atoms with E-state index in [0.29, 0.717) is 0 Å². The number of anilines is 5. The third kappa shape index (κ3) is 11.4. The topological polar surface area (TPSA) is 51.4 Å². The Morgan fingerprint density at radius 1 is 0.252 bits per heavy atom. The molecule has 0 unspecified atom stereocenters. The van der Waals surface area contributed by atoms with Crippen molar-refractivity contribution in [1.29, 1.82) is 0 Å². The SMILES string of the molecule is Brc1ccc(-c2cccc3c4ccccc4n(-c4ccccc4)c23)c2oc3ccccc3c12.c1ccc(-n2c3ccccc3c3cccc(-c4ccc(N(c5ccc6c(c5)sc5ccccc56)c5ccc6c(c5)sc5ccccc56)c5c4oc4ccccc45)c32)cc1.c1ccc2c(c1)sc1cc(Nc3ccc4c(c3)sc3ccccc34)ccc12. The molecule has 0 aliphatic rings. The van der Waals surface area contributed by atoms with E-state index in [0.717, 1.165) is 116 Å². The number of benzene rings is 18. The number of fused-ring (bicyclic) bond motifs is 24. The van der Waals surface area contributed by atoms with Crippen molar-refractivity contribution in [1.82, 2.24) is 9.13 Å². The van der Waals surface area contributed by atoms with Gasteiger partial charge < -0.3 is 28.2 Å². The number of hydrogen-bond acceptors (Lipinski definition) is 8. The van der Waals surface area contributed by atoms with Crippen LogP contribution in [0.3, 0.4) is 0 Å². The number of para-hydroxylation sites is 8. The lowest BCUT2D eigenvalue weighted by Crippen LogP contribution is -2.10. The molecule has 0 bridgehead atoms. The van der Waals surface area contributed by atoms with Gasteiger partial charge in [-0.15, -0.1) is 45.3 Å². The first-order chi connectivity index (χ1) is 58.9. The molecule has 8 heterocycles. The highest BCUT2D eigenvalue weighted by Gasteiger charge is 2.27. The fourth-order valence-corrected chi connectivity index (χ4v) is 23.4. The second-order valence-corrected chi connectivity index (χ2v) is 35.4. The summed E-state index contributed by atoms with van der Waals surface area (Å²) in [6.45, 7) is 0. The molecule has 0 radical (unpaired) electrons. The summed E-state index contributed by atoms with van der Waals surface area (Å²) >= 11 is 11.2. The van der Waals surface area contributed by atoms with Gasteiger partial charge in [0.05, 0.1) is 33.1 Å². The second kappa shape index (κ2) is 28.2. The maximum atomic E-state index is 7.06. The summed E-state index contributed by atoms with van der Waals surface area (Å²) in [4.78, 5) is 2.45. The molecule has 6 nitrogen and oxygen atoms in total. The lowest BCUT2D eigenvalue weighted by Gasteiger charge is -2.27. The highest BCUT2D eigenvalue weighted by Crippen LogP contribution is 2.52. The van der Waals surface area contributed by atoms with Crippen molar-refractivity contribution in [3.63, 3.8) is 0 Å². The molecule has 26 rings (SSSR count). The van der Waals surface area contributed by atoms with E-state index in [1.807, 2.05) is 57.5 Å². The zero-order valence-electron chi connectivity index (χ0n) is 63.6. The minimum absolute atomic E-state index is 0.867. The number of nitrogens with zero attached hydrogens (tertiary/aromatic N) is 3. The zero-order chi connectivity index (χ0) is 78.3. The average Bonchev–Trinajstić information content (AvgIpc) is 1.58. The highest BCUT2D eigenvalue weighted by molar-refractivity contribution is 9.10. The van der Waals surface area contributed by atoms with Crippen LogP contribution in [0.5, 0.6) is 0 Å². The summed E-state index contributed by atoms with van der Waals surface area (Å²) in [7, 11) is 0. The molecular formula is C108H65BrN4O2S4. The number of thiophene rings is 4. The molecule has 0 aliphatic carbocycles. The fourth-order valence-electron chi connectivity index (χ4n) is 18.3. The number of aromatic nitrogens is 2. The number of halogens is 1. The first-order valence-electron chi connectivity index (χ1n) is 39.9. The van der Waals surface area contributed by atoms with E-state index < -0.39 is 0 Å². The smallest absolute Gasteiger partial charge is 0.145 e. The predicted molar refractivity (Wildman–Crippen MR) is 517 cm³/mol. The summed E-state index contributed by atoms with van der Waals surface area (Å²) in [6.07, 6.45) is 0. The molecule has 0 amide bonds. The molecule has 560 valence electrons. The molecule has 0 atom stereocenters. The van der Waals surface area contributed by atoms with Crippen molar-refractivity contribution in [3.8, 4) is 33.6 Å². The Labute approximate surface area is 706 Å². The third-order valence-electron chi connectivity index (χ3n) is 23.5. The van der Waals surface area contributed by atoms with Gasteiger partial charge in [0.15, 0.2) is 0 Å². The Kier molecular flexibility index (Phi) is 16.5. The number of hydrogen-bond donors (Lipinski definition) is 1. The summed E-state index contributed by atoms with van der Waals surface area (Å²) in [6, 6.07) is 140. The van der Waals surface area contributed by atoms with E-state index in [1.165, 1.54) is 119 Å². The molecule has 0 saturated heterocycles. The van der Waals surface area contributed by atoms with Crippen LogP contribution in [-0.4, -0.2) is 9.13 Å². The first kappa shape index (κ1) is 69.4. The lowest BCUT2D eigenvalue weighted by molar-refractivity contribution is 0.669. The van der Waals surface area contributed by atoms with Crippen LogP contribution < -0.4 is 10.2 Å². The normalized spacial score (nSPS) is 11.9. The minimum atomic E-state index is 0.867. The standard InChI is InChI=1S/C54H32N2OS2.C30H18BrNO.C24H15NS2/c1-2-13-33(14-3-1)56-45-21-8-4-15-36(45)41-19-12-20-42(53(41)56)43-29-30-46(52-44-18-5-9-22-47(44)57-54(43)52)55(34-25-27-39-37-16-6-10-23-48(37)58-50(39)31-34)35-26-28-40-38-17-7-11-24-49(38)59-51(40)32-35;31-25-18-17-23(30-28(25)24-12-5-7-16-27(24)33-30)22-14-8-13-21-20-11-4-6-15-26(20)32(29(21)22)19-9-2-1-3-10-19;1-3-7-21-17(5-1)19-11-9-15(13-23(19)26-21)25-16-10-12-20-18-6-2-4-8-22(18)27-24(20)14-16/h1-32H;1-18H;1-14,25H. The Balaban J connectivity index is 0.000000113. The predicted octanol–water partition coefficient (Wildman–Crippen LogP) is 33.8. The van der Waals surface area contributed by atoms with Crippen molar-refractivity contribution in [3.05, 3.63) is 393 Å². The molecule has 18 aromatic carbocycles.